The fraction of sp³-hybridized carbons (Fsp3) is 0.0714. The largest absolute Gasteiger partial charge is 0.488 e. The number of carboxylic acids is 1. The van der Waals surface area contributed by atoms with E-state index < -0.39 is 5.97 Å². The normalized spacial score (nSPS) is 10.2. The van der Waals surface area contributed by atoms with Crippen LogP contribution in [0.25, 0.3) is 0 Å². The Morgan fingerprint density at radius 3 is 2.53 bits per heavy atom. The molecule has 5 heteroatoms. The van der Waals surface area contributed by atoms with Crippen LogP contribution in [0.4, 0.5) is 0 Å². The van der Waals surface area contributed by atoms with Gasteiger partial charge in [-0.2, -0.15) is 0 Å². The minimum Gasteiger partial charge on any atom is -0.488 e. The van der Waals surface area contributed by atoms with Gasteiger partial charge in [0.2, 0.25) is 0 Å². The first-order valence-corrected chi connectivity index (χ1v) is 6.63. The smallest absolute Gasteiger partial charge is 0.339 e. The first-order valence-electron chi connectivity index (χ1n) is 5.46. The average molecular weight is 342 g/mol. The van der Waals surface area contributed by atoms with E-state index in [1.165, 1.54) is 18.2 Å². The van der Waals surface area contributed by atoms with Crippen molar-refractivity contribution in [2.24, 2.45) is 0 Å². The Labute approximate surface area is 123 Å². The Morgan fingerprint density at radius 1 is 1.21 bits per heavy atom. The SMILES string of the molecule is O=C(O)c1ccc(Cl)cc1OCc1ccc(Br)cc1. The van der Waals surface area contributed by atoms with Gasteiger partial charge in [0.1, 0.15) is 17.9 Å². The zero-order chi connectivity index (χ0) is 13.8. The van der Waals surface area contributed by atoms with Crippen LogP contribution in [0.1, 0.15) is 15.9 Å². The van der Waals surface area contributed by atoms with Crippen molar-refractivity contribution in [2.45, 2.75) is 6.61 Å². The summed E-state index contributed by atoms with van der Waals surface area (Å²) in [5.74, 6) is -0.773. The van der Waals surface area contributed by atoms with E-state index in [0.29, 0.717) is 5.02 Å². The van der Waals surface area contributed by atoms with Crippen LogP contribution in [-0.2, 0) is 6.61 Å². The maximum Gasteiger partial charge on any atom is 0.339 e. The van der Waals surface area contributed by atoms with E-state index in [4.69, 9.17) is 21.4 Å². The minimum absolute atomic E-state index is 0.0986. The molecule has 0 unspecified atom stereocenters. The van der Waals surface area contributed by atoms with Crippen LogP contribution in [0, 0.1) is 0 Å². The predicted molar refractivity (Wildman–Crippen MR) is 76.9 cm³/mol. The number of benzene rings is 2. The molecule has 2 aromatic carbocycles. The second-order valence-electron chi connectivity index (χ2n) is 3.86. The number of carboxylic acid groups (broad SMARTS) is 1. The van der Waals surface area contributed by atoms with Crippen LogP contribution in [0.2, 0.25) is 5.02 Å². The molecule has 0 atom stereocenters. The molecule has 0 bridgehead atoms. The second kappa shape index (κ2) is 6.08. The summed E-state index contributed by atoms with van der Waals surface area (Å²) in [7, 11) is 0. The summed E-state index contributed by atoms with van der Waals surface area (Å²) in [6.07, 6.45) is 0. The Balaban J connectivity index is 2.16. The molecule has 0 aromatic heterocycles. The van der Waals surface area contributed by atoms with Gasteiger partial charge in [-0.3, -0.25) is 0 Å². The summed E-state index contributed by atoms with van der Waals surface area (Å²) < 4.78 is 6.50. The number of aromatic carboxylic acids is 1. The van der Waals surface area contributed by atoms with Crippen molar-refractivity contribution < 1.29 is 14.6 Å². The topological polar surface area (TPSA) is 46.5 Å². The van der Waals surface area contributed by atoms with Crippen molar-refractivity contribution >= 4 is 33.5 Å². The first-order chi connectivity index (χ1) is 9.06. The van der Waals surface area contributed by atoms with Gasteiger partial charge < -0.3 is 9.84 Å². The third kappa shape index (κ3) is 3.72. The third-order valence-corrected chi connectivity index (χ3v) is 3.25. The van der Waals surface area contributed by atoms with Crippen molar-refractivity contribution in [1.29, 1.82) is 0 Å². The van der Waals surface area contributed by atoms with Gasteiger partial charge in [0.25, 0.3) is 0 Å². The summed E-state index contributed by atoms with van der Waals surface area (Å²) in [6.45, 7) is 0.286. The molecule has 19 heavy (non-hydrogen) atoms. The molecule has 2 rings (SSSR count). The van der Waals surface area contributed by atoms with Gasteiger partial charge in [-0.25, -0.2) is 4.79 Å². The maximum atomic E-state index is 11.1. The highest BCUT2D eigenvalue weighted by molar-refractivity contribution is 9.10. The van der Waals surface area contributed by atoms with Crippen LogP contribution in [-0.4, -0.2) is 11.1 Å². The molecule has 0 amide bonds. The molecule has 1 N–H and O–H groups in total. The Kier molecular flexibility index (Phi) is 4.45. The zero-order valence-corrected chi connectivity index (χ0v) is 12.1. The van der Waals surface area contributed by atoms with E-state index in [1.54, 1.807) is 0 Å². The molecule has 3 nitrogen and oxygen atoms in total. The van der Waals surface area contributed by atoms with Crippen molar-refractivity contribution in [2.75, 3.05) is 0 Å². The highest BCUT2D eigenvalue weighted by Crippen LogP contribution is 2.24. The van der Waals surface area contributed by atoms with E-state index in [2.05, 4.69) is 15.9 Å². The molecular formula is C14H10BrClO3. The van der Waals surface area contributed by atoms with E-state index >= 15 is 0 Å². The molecule has 0 spiro atoms. The molecule has 0 aliphatic rings. The number of halogens is 2. The maximum absolute atomic E-state index is 11.1. The van der Waals surface area contributed by atoms with Gasteiger partial charge >= 0.3 is 5.97 Å². The van der Waals surface area contributed by atoms with Gasteiger partial charge in [-0.05, 0) is 35.9 Å². The summed E-state index contributed by atoms with van der Waals surface area (Å²) in [5, 5.41) is 9.50. The van der Waals surface area contributed by atoms with E-state index in [0.717, 1.165) is 10.0 Å². The Morgan fingerprint density at radius 2 is 1.89 bits per heavy atom. The fourth-order valence-electron chi connectivity index (χ4n) is 1.53. The van der Waals surface area contributed by atoms with Crippen molar-refractivity contribution in [1.82, 2.24) is 0 Å². The molecule has 0 saturated carbocycles. The Hall–Kier alpha value is -1.52. The van der Waals surface area contributed by atoms with E-state index in [9.17, 15) is 4.79 Å². The number of ether oxygens (including phenoxy) is 1. The summed E-state index contributed by atoms with van der Waals surface area (Å²) in [5.41, 5.74) is 1.04. The predicted octanol–water partition coefficient (Wildman–Crippen LogP) is 4.38. The summed E-state index contributed by atoms with van der Waals surface area (Å²) in [6, 6.07) is 12.1. The highest BCUT2D eigenvalue weighted by atomic mass is 79.9. The lowest BCUT2D eigenvalue weighted by molar-refractivity contribution is 0.0692. The van der Waals surface area contributed by atoms with Crippen LogP contribution >= 0.6 is 27.5 Å². The second-order valence-corrected chi connectivity index (χ2v) is 5.21. The standard InChI is InChI=1S/C14H10BrClO3/c15-10-3-1-9(2-4-10)8-19-13-7-11(16)5-6-12(13)14(17)18/h1-7H,8H2,(H,17,18). The third-order valence-electron chi connectivity index (χ3n) is 2.48. The lowest BCUT2D eigenvalue weighted by Crippen LogP contribution is -2.03. The van der Waals surface area contributed by atoms with Crippen LogP contribution in [0.3, 0.4) is 0 Å². The molecule has 0 aliphatic carbocycles. The van der Waals surface area contributed by atoms with Crippen molar-refractivity contribution in [3.63, 3.8) is 0 Å². The van der Waals surface area contributed by atoms with Gasteiger partial charge in [0.15, 0.2) is 0 Å². The lowest BCUT2D eigenvalue weighted by Gasteiger charge is -2.09. The molecular weight excluding hydrogens is 332 g/mol. The molecule has 0 saturated heterocycles. The molecule has 0 radical (unpaired) electrons. The zero-order valence-electron chi connectivity index (χ0n) is 9.77. The molecule has 2 aromatic rings. The molecule has 98 valence electrons. The average Bonchev–Trinajstić information content (AvgIpc) is 2.38. The lowest BCUT2D eigenvalue weighted by atomic mass is 10.2. The fourth-order valence-corrected chi connectivity index (χ4v) is 1.96. The van der Waals surface area contributed by atoms with E-state index in [-0.39, 0.29) is 17.9 Å². The van der Waals surface area contributed by atoms with Crippen LogP contribution < -0.4 is 4.74 Å². The Bertz CT molecular complexity index is 596. The van der Waals surface area contributed by atoms with Crippen molar-refractivity contribution in [3.05, 3.63) is 63.1 Å². The molecule has 0 fully saturated rings. The molecule has 0 heterocycles. The number of carbonyl (C=O) groups is 1. The number of rotatable bonds is 4. The van der Waals surface area contributed by atoms with Gasteiger partial charge in [-0.15, -0.1) is 0 Å². The number of hydrogen-bond acceptors (Lipinski definition) is 2. The minimum atomic E-state index is -1.04. The first kappa shape index (κ1) is 13.9. The monoisotopic (exact) mass is 340 g/mol. The highest BCUT2D eigenvalue weighted by Gasteiger charge is 2.11. The van der Waals surface area contributed by atoms with Gasteiger partial charge in [0, 0.05) is 9.50 Å². The summed E-state index contributed by atoms with van der Waals surface area (Å²) in [4.78, 5) is 11.1. The van der Waals surface area contributed by atoms with Crippen LogP contribution in [0.5, 0.6) is 5.75 Å². The van der Waals surface area contributed by atoms with Crippen LogP contribution in [0.15, 0.2) is 46.9 Å². The quantitative estimate of drug-likeness (QED) is 0.897. The molecule has 0 aliphatic heterocycles. The van der Waals surface area contributed by atoms with Crippen molar-refractivity contribution in [3.8, 4) is 5.75 Å². The van der Waals surface area contributed by atoms with Gasteiger partial charge in [-0.1, -0.05) is 39.7 Å². The summed E-state index contributed by atoms with van der Waals surface area (Å²) >= 11 is 9.19. The van der Waals surface area contributed by atoms with Gasteiger partial charge in [0.05, 0.1) is 0 Å². The number of hydrogen-bond donors (Lipinski definition) is 1. The van der Waals surface area contributed by atoms with E-state index in [1.807, 2.05) is 24.3 Å².